The summed E-state index contributed by atoms with van der Waals surface area (Å²) in [4.78, 5) is 17.3. The van der Waals surface area contributed by atoms with Crippen molar-refractivity contribution in [3.05, 3.63) is 23.3 Å². The number of carbonyl (C=O) groups excluding carboxylic acids is 1. The number of likely N-dealkylation sites (N-methyl/N-ethyl adjacent to an activating group) is 1. The first-order chi connectivity index (χ1) is 13.4. The Morgan fingerprint density at radius 3 is 2.54 bits per heavy atom. The van der Waals surface area contributed by atoms with Gasteiger partial charge in [0.1, 0.15) is 0 Å². The van der Waals surface area contributed by atoms with Gasteiger partial charge >= 0.3 is 0 Å². The summed E-state index contributed by atoms with van der Waals surface area (Å²) in [5, 5.41) is 0. The van der Waals surface area contributed by atoms with Crippen LogP contribution in [0.2, 0.25) is 0 Å². The summed E-state index contributed by atoms with van der Waals surface area (Å²) in [5.41, 5.74) is 2.27. The predicted molar refractivity (Wildman–Crippen MR) is 109 cm³/mol. The lowest BCUT2D eigenvalue weighted by Gasteiger charge is -2.41. The van der Waals surface area contributed by atoms with Crippen LogP contribution in [0.3, 0.4) is 0 Å². The first-order valence-electron chi connectivity index (χ1n) is 10.3. The van der Waals surface area contributed by atoms with Gasteiger partial charge in [-0.2, -0.15) is 0 Å². The second-order valence-corrected chi connectivity index (χ2v) is 8.36. The topological polar surface area (TPSA) is 51.2 Å². The van der Waals surface area contributed by atoms with Crippen LogP contribution in [0, 0.1) is 0 Å². The fourth-order valence-corrected chi connectivity index (χ4v) is 4.38. The van der Waals surface area contributed by atoms with Crippen LogP contribution in [0.5, 0.6) is 11.5 Å². The standard InChI is InChI=1S/C22H34N2O4/c1-6-23(18-8-10-28-22(2,3)13-18)15-21(25)24-9-7-16-11-19(26-4)20(27-5)12-17(16)14-24/h11-12,18H,6-10,13-15H2,1-5H3. The van der Waals surface area contributed by atoms with Crippen LogP contribution in [-0.4, -0.2) is 67.8 Å². The Balaban J connectivity index is 1.66. The highest BCUT2D eigenvalue weighted by molar-refractivity contribution is 5.78. The van der Waals surface area contributed by atoms with Crippen LogP contribution in [0.1, 0.15) is 44.7 Å². The summed E-state index contributed by atoms with van der Waals surface area (Å²) in [6.45, 7) is 9.90. The first-order valence-corrected chi connectivity index (χ1v) is 10.3. The van der Waals surface area contributed by atoms with E-state index in [2.05, 4.69) is 25.7 Å². The molecule has 1 aromatic carbocycles. The number of amides is 1. The lowest BCUT2D eigenvalue weighted by atomic mass is 9.92. The van der Waals surface area contributed by atoms with Crippen LogP contribution < -0.4 is 9.47 Å². The lowest BCUT2D eigenvalue weighted by Crippen LogP contribution is -2.50. The first kappa shape index (κ1) is 20.9. The average molecular weight is 391 g/mol. The van der Waals surface area contributed by atoms with Gasteiger partial charge in [0.25, 0.3) is 0 Å². The highest BCUT2D eigenvalue weighted by Crippen LogP contribution is 2.33. The van der Waals surface area contributed by atoms with Crippen molar-refractivity contribution in [2.45, 2.75) is 58.2 Å². The Kier molecular flexibility index (Phi) is 6.50. The van der Waals surface area contributed by atoms with E-state index in [-0.39, 0.29) is 11.5 Å². The van der Waals surface area contributed by atoms with Gasteiger partial charge in [-0.3, -0.25) is 9.69 Å². The minimum Gasteiger partial charge on any atom is -0.493 e. The molecule has 1 unspecified atom stereocenters. The summed E-state index contributed by atoms with van der Waals surface area (Å²) in [7, 11) is 3.30. The number of hydrogen-bond acceptors (Lipinski definition) is 5. The van der Waals surface area contributed by atoms with Gasteiger partial charge < -0.3 is 19.1 Å². The zero-order chi connectivity index (χ0) is 20.3. The number of rotatable bonds is 6. The van der Waals surface area contributed by atoms with E-state index in [1.807, 2.05) is 17.0 Å². The van der Waals surface area contributed by atoms with Crippen molar-refractivity contribution in [3.8, 4) is 11.5 Å². The molecule has 3 rings (SSSR count). The summed E-state index contributed by atoms with van der Waals surface area (Å²) in [6.07, 6.45) is 2.80. The zero-order valence-electron chi connectivity index (χ0n) is 17.9. The number of carbonyl (C=O) groups is 1. The maximum absolute atomic E-state index is 13.1. The maximum Gasteiger partial charge on any atom is 0.237 e. The number of nitrogens with zero attached hydrogens (tertiary/aromatic N) is 2. The van der Waals surface area contributed by atoms with Crippen LogP contribution in [0.15, 0.2) is 12.1 Å². The summed E-state index contributed by atoms with van der Waals surface area (Å²) >= 11 is 0. The largest absolute Gasteiger partial charge is 0.493 e. The number of ether oxygens (including phenoxy) is 3. The minimum atomic E-state index is -0.112. The van der Waals surface area contributed by atoms with Gasteiger partial charge in [0.2, 0.25) is 5.91 Å². The summed E-state index contributed by atoms with van der Waals surface area (Å²) < 4.78 is 16.7. The van der Waals surface area contributed by atoms with Crippen molar-refractivity contribution in [2.24, 2.45) is 0 Å². The third kappa shape index (κ3) is 4.61. The average Bonchev–Trinajstić information content (AvgIpc) is 2.69. The predicted octanol–water partition coefficient (Wildman–Crippen LogP) is 2.87. The molecule has 0 bridgehead atoms. The fourth-order valence-electron chi connectivity index (χ4n) is 4.38. The molecule has 6 nitrogen and oxygen atoms in total. The smallest absolute Gasteiger partial charge is 0.237 e. The molecular weight excluding hydrogens is 356 g/mol. The minimum absolute atomic E-state index is 0.112. The molecule has 1 aromatic rings. The Labute approximate surface area is 168 Å². The van der Waals surface area contributed by atoms with Crippen molar-refractivity contribution in [1.29, 1.82) is 0 Å². The van der Waals surface area contributed by atoms with E-state index in [0.29, 0.717) is 19.1 Å². The van der Waals surface area contributed by atoms with Crippen LogP contribution in [0.4, 0.5) is 0 Å². The second kappa shape index (κ2) is 8.70. The normalized spacial score (nSPS) is 21.4. The number of hydrogen-bond donors (Lipinski definition) is 0. The molecule has 2 heterocycles. The van der Waals surface area contributed by atoms with E-state index in [9.17, 15) is 4.79 Å². The zero-order valence-corrected chi connectivity index (χ0v) is 17.9. The molecule has 0 saturated carbocycles. The Morgan fingerprint density at radius 1 is 1.25 bits per heavy atom. The third-order valence-electron chi connectivity index (χ3n) is 6.00. The van der Waals surface area contributed by atoms with Gasteiger partial charge in [0, 0.05) is 25.7 Å². The van der Waals surface area contributed by atoms with Crippen molar-refractivity contribution in [1.82, 2.24) is 9.80 Å². The monoisotopic (exact) mass is 390 g/mol. The summed E-state index contributed by atoms with van der Waals surface area (Å²) in [6, 6.07) is 4.45. The van der Waals surface area contributed by atoms with Crippen molar-refractivity contribution < 1.29 is 19.0 Å². The molecule has 2 aliphatic heterocycles. The molecule has 2 aliphatic rings. The van der Waals surface area contributed by atoms with Crippen LogP contribution in [-0.2, 0) is 22.5 Å². The maximum atomic E-state index is 13.1. The van der Waals surface area contributed by atoms with E-state index in [1.165, 1.54) is 5.56 Å². The molecule has 0 aromatic heterocycles. The fraction of sp³-hybridized carbons (Fsp3) is 0.682. The van der Waals surface area contributed by atoms with E-state index < -0.39 is 0 Å². The van der Waals surface area contributed by atoms with E-state index >= 15 is 0 Å². The van der Waals surface area contributed by atoms with Crippen molar-refractivity contribution in [3.63, 3.8) is 0 Å². The number of fused-ring (bicyclic) bond motifs is 1. The van der Waals surface area contributed by atoms with Crippen molar-refractivity contribution in [2.75, 3.05) is 40.5 Å². The quantitative estimate of drug-likeness (QED) is 0.748. The van der Waals surface area contributed by atoms with E-state index in [0.717, 1.165) is 56.0 Å². The SMILES string of the molecule is CCN(CC(=O)N1CCc2cc(OC)c(OC)cc2C1)C1CCOC(C)(C)C1. The molecule has 0 aliphatic carbocycles. The molecule has 0 spiro atoms. The van der Waals surface area contributed by atoms with Crippen molar-refractivity contribution >= 4 is 5.91 Å². The molecule has 1 amide bonds. The highest BCUT2D eigenvalue weighted by Gasteiger charge is 2.33. The molecule has 1 atom stereocenters. The van der Waals surface area contributed by atoms with Gasteiger partial charge in [-0.25, -0.2) is 0 Å². The molecule has 1 fully saturated rings. The Morgan fingerprint density at radius 2 is 1.93 bits per heavy atom. The molecule has 0 N–H and O–H groups in total. The summed E-state index contributed by atoms with van der Waals surface area (Å²) in [5.74, 6) is 1.67. The third-order valence-corrected chi connectivity index (χ3v) is 6.00. The van der Waals surface area contributed by atoms with Crippen LogP contribution in [0.25, 0.3) is 0 Å². The number of benzene rings is 1. The number of methoxy groups -OCH3 is 2. The lowest BCUT2D eigenvalue weighted by molar-refractivity contribution is -0.136. The highest BCUT2D eigenvalue weighted by atomic mass is 16.5. The van der Waals surface area contributed by atoms with Crippen LogP contribution >= 0.6 is 0 Å². The van der Waals surface area contributed by atoms with Gasteiger partial charge in [-0.15, -0.1) is 0 Å². The molecule has 28 heavy (non-hydrogen) atoms. The Hall–Kier alpha value is -1.79. The second-order valence-electron chi connectivity index (χ2n) is 8.36. The van der Waals surface area contributed by atoms with Gasteiger partial charge in [0.15, 0.2) is 11.5 Å². The molecule has 6 heteroatoms. The Bertz CT molecular complexity index is 704. The van der Waals surface area contributed by atoms with E-state index in [4.69, 9.17) is 14.2 Å². The molecule has 1 saturated heterocycles. The molecule has 156 valence electrons. The van der Waals surface area contributed by atoms with Gasteiger partial charge in [-0.05, 0) is 62.9 Å². The molecular formula is C22H34N2O4. The molecule has 0 radical (unpaired) electrons. The van der Waals surface area contributed by atoms with Gasteiger partial charge in [0.05, 0.1) is 26.4 Å². The van der Waals surface area contributed by atoms with E-state index in [1.54, 1.807) is 14.2 Å². The van der Waals surface area contributed by atoms with Gasteiger partial charge in [-0.1, -0.05) is 6.92 Å².